The molecule has 5 heteroatoms. The lowest BCUT2D eigenvalue weighted by Gasteiger charge is -2.05. The number of hydrogen-bond acceptors (Lipinski definition) is 3. The Labute approximate surface area is 73.1 Å². The van der Waals surface area contributed by atoms with Crippen LogP contribution >= 0.6 is 0 Å². The van der Waals surface area contributed by atoms with Gasteiger partial charge in [0.1, 0.15) is 10.7 Å². The summed E-state index contributed by atoms with van der Waals surface area (Å²) >= 11 is 0. The van der Waals surface area contributed by atoms with Crippen LogP contribution < -0.4 is 5.73 Å². The maximum absolute atomic E-state index is 10.6. The van der Waals surface area contributed by atoms with Crippen molar-refractivity contribution >= 4 is 16.6 Å². The van der Waals surface area contributed by atoms with Crippen LogP contribution in [0, 0.1) is 5.92 Å². The third-order valence-electron chi connectivity index (χ3n) is 2.04. The first kappa shape index (κ1) is 9.51. The zero-order chi connectivity index (χ0) is 9.14. The van der Waals surface area contributed by atoms with Gasteiger partial charge in [-0.2, -0.15) is 0 Å². The summed E-state index contributed by atoms with van der Waals surface area (Å²) in [6.45, 7) is 0. The fourth-order valence-corrected chi connectivity index (χ4v) is 2.01. The number of nitrogens with two attached hydrogens (primary N) is 1. The van der Waals surface area contributed by atoms with Crippen molar-refractivity contribution in [2.75, 3.05) is 0 Å². The van der Waals surface area contributed by atoms with E-state index in [1.54, 1.807) is 0 Å². The van der Waals surface area contributed by atoms with E-state index in [4.69, 9.17) is 5.73 Å². The Hall–Kier alpha value is -0.580. The van der Waals surface area contributed by atoms with Crippen molar-refractivity contribution < 1.29 is 13.2 Å². The average Bonchev–Trinajstić information content (AvgIpc) is 2.68. The van der Waals surface area contributed by atoms with E-state index in [0.29, 0.717) is 12.3 Å². The highest BCUT2D eigenvalue weighted by molar-refractivity contribution is 7.73. The van der Waals surface area contributed by atoms with Crippen LogP contribution in [0.5, 0.6) is 0 Å². The van der Waals surface area contributed by atoms with E-state index < -0.39 is 21.9 Å². The molecular weight excluding hydrogens is 178 g/mol. The molecular formula is C7H13NO3S. The highest BCUT2D eigenvalue weighted by Crippen LogP contribution is 2.34. The zero-order valence-corrected chi connectivity index (χ0v) is 7.63. The van der Waals surface area contributed by atoms with E-state index in [1.807, 2.05) is 0 Å². The molecule has 0 heterocycles. The fourth-order valence-electron chi connectivity index (χ4n) is 1.21. The molecule has 0 aliphatic heterocycles. The highest BCUT2D eigenvalue weighted by Gasteiger charge is 2.27. The maximum Gasteiger partial charge on any atom is 0.218 e. The van der Waals surface area contributed by atoms with E-state index in [9.17, 15) is 13.2 Å². The lowest BCUT2D eigenvalue weighted by Crippen LogP contribution is -2.21. The molecule has 12 heavy (non-hydrogen) atoms. The van der Waals surface area contributed by atoms with Gasteiger partial charge in [0.25, 0.3) is 0 Å². The van der Waals surface area contributed by atoms with Crippen molar-refractivity contribution in [3.05, 3.63) is 0 Å². The number of carbonyl (C=O) groups is 1. The summed E-state index contributed by atoms with van der Waals surface area (Å²) in [6, 6.07) is 0. The summed E-state index contributed by atoms with van der Waals surface area (Å²) in [5, 5.41) is -0.523. The van der Waals surface area contributed by atoms with Crippen LogP contribution in [0.4, 0.5) is 0 Å². The first-order valence-electron chi connectivity index (χ1n) is 4.01. The molecule has 1 fully saturated rings. The number of amides is 1. The molecule has 1 unspecified atom stereocenters. The molecule has 1 aliphatic carbocycles. The monoisotopic (exact) mass is 191 g/mol. The first-order chi connectivity index (χ1) is 5.59. The quantitative estimate of drug-likeness (QED) is 0.583. The van der Waals surface area contributed by atoms with Gasteiger partial charge >= 0.3 is 0 Å². The van der Waals surface area contributed by atoms with Crippen LogP contribution in [0.25, 0.3) is 0 Å². The Morgan fingerprint density at radius 2 is 2.08 bits per heavy atom. The zero-order valence-electron chi connectivity index (χ0n) is 6.73. The van der Waals surface area contributed by atoms with Crippen LogP contribution in [0.2, 0.25) is 0 Å². The predicted octanol–water partition coefficient (Wildman–Crippen LogP) is -0.358. The molecule has 0 saturated heterocycles. The molecule has 1 aliphatic rings. The minimum absolute atomic E-state index is 0.0186. The molecule has 0 bridgehead atoms. The standard InChI is InChI=1S/C7H13NO3S/c8-7(9)4-6(12(10)11)3-5-1-2-5/h5-6,12H,1-4H2,(H2,8,9). The summed E-state index contributed by atoms with van der Waals surface area (Å²) in [5.41, 5.74) is 4.92. The summed E-state index contributed by atoms with van der Waals surface area (Å²) < 4.78 is 21.3. The minimum Gasteiger partial charge on any atom is -0.370 e. The Morgan fingerprint density at radius 3 is 2.42 bits per heavy atom. The maximum atomic E-state index is 10.6. The van der Waals surface area contributed by atoms with Crippen molar-refractivity contribution in [1.82, 2.24) is 0 Å². The smallest absolute Gasteiger partial charge is 0.218 e. The van der Waals surface area contributed by atoms with Gasteiger partial charge in [0, 0.05) is 6.42 Å². The number of hydrogen-bond donors (Lipinski definition) is 2. The van der Waals surface area contributed by atoms with Gasteiger partial charge in [0.15, 0.2) is 0 Å². The molecule has 70 valence electrons. The van der Waals surface area contributed by atoms with Crippen molar-refractivity contribution in [3.8, 4) is 0 Å². The molecule has 1 atom stereocenters. The van der Waals surface area contributed by atoms with Gasteiger partial charge in [-0.3, -0.25) is 4.79 Å². The van der Waals surface area contributed by atoms with Crippen molar-refractivity contribution in [1.29, 1.82) is 0 Å². The number of primary amides is 1. The molecule has 0 radical (unpaired) electrons. The Bertz CT molecular complexity index is 237. The predicted molar refractivity (Wildman–Crippen MR) is 45.3 cm³/mol. The second kappa shape index (κ2) is 3.89. The van der Waals surface area contributed by atoms with E-state index in [1.165, 1.54) is 0 Å². The van der Waals surface area contributed by atoms with Gasteiger partial charge in [-0.1, -0.05) is 12.8 Å². The van der Waals surface area contributed by atoms with Crippen molar-refractivity contribution in [3.63, 3.8) is 0 Å². The first-order valence-corrected chi connectivity index (χ1v) is 5.26. The van der Waals surface area contributed by atoms with Gasteiger partial charge in [-0.25, -0.2) is 8.42 Å². The van der Waals surface area contributed by atoms with Gasteiger partial charge in [-0.15, -0.1) is 0 Å². The Balaban J connectivity index is 2.41. The van der Waals surface area contributed by atoms with Gasteiger partial charge in [0.2, 0.25) is 5.91 Å². The molecule has 0 aromatic rings. The highest BCUT2D eigenvalue weighted by atomic mass is 32.2. The van der Waals surface area contributed by atoms with Gasteiger partial charge in [-0.05, 0) is 12.3 Å². The molecule has 4 nitrogen and oxygen atoms in total. The summed E-state index contributed by atoms with van der Waals surface area (Å²) in [5.74, 6) is -0.0119. The molecule has 1 saturated carbocycles. The van der Waals surface area contributed by atoms with Crippen LogP contribution in [-0.4, -0.2) is 19.6 Å². The van der Waals surface area contributed by atoms with Crippen LogP contribution in [0.15, 0.2) is 0 Å². The van der Waals surface area contributed by atoms with E-state index in [-0.39, 0.29) is 6.42 Å². The van der Waals surface area contributed by atoms with Crippen LogP contribution in [0.1, 0.15) is 25.7 Å². The minimum atomic E-state index is -2.49. The molecule has 1 rings (SSSR count). The molecule has 2 N–H and O–H groups in total. The normalized spacial score (nSPS) is 19.4. The number of carbonyl (C=O) groups excluding carboxylic acids is 1. The van der Waals surface area contributed by atoms with Crippen LogP contribution in [0.3, 0.4) is 0 Å². The largest absolute Gasteiger partial charge is 0.370 e. The Kier molecular flexibility index (Phi) is 3.08. The fraction of sp³-hybridized carbons (Fsp3) is 0.857. The van der Waals surface area contributed by atoms with E-state index in [2.05, 4.69) is 0 Å². The van der Waals surface area contributed by atoms with Gasteiger partial charge in [0.05, 0.1) is 5.25 Å². The summed E-state index contributed by atoms with van der Waals surface area (Å²) in [4.78, 5) is 10.5. The second-order valence-electron chi connectivity index (χ2n) is 3.29. The third-order valence-corrected chi connectivity index (χ3v) is 3.03. The topological polar surface area (TPSA) is 77.2 Å². The number of rotatable bonds is 5. The third kappa shape index (κ3) is 3.21. The second-order valence-corrected chi connectivity index (χ2v) is 4.59. The lowest BCUT2D eigenvalue weighted by atomic mass is 10.1. The number of thiol groups is 1. The Morgan fingerprint density at radius 1 is 1.50 bits per heavy atom. The summed E-state index contributed by atoms with van der Waals surface area (Å²) in [7, 11) is -2.49. The van der Waals surface area contributed by atoms with Crippen molar-refractivity contribution in [2.45, 2.75) is 30.9 Å². The van der Waals surface area contributed by atoms with E-state index in [0.717, 1.165) is 12.8 Å². The summed E-state index contributed by atoms with van der Waals surface area (Å²) in [6.07, 6.45) is 2.79. The average molecular weight is 191 g/mol. The van der Waals surface area contributed by atoms with Gasteiger partial charge < -0.3 is 5.73 Å². The van der Waals surface area contributed by atoms with Crippen molar-refractivity contribution in [2.24, 2.45) is 11.7 Å². The lowest BCUT2D eigenvalue weighted by molar-refractivity contribution is -0.118. The molecule has 0 spiro atoms. The molecule has 1 amide bonds. The van der Waals surface area contributed by atoms with E-state index >= 15 is 0 Å². The molecule has 0 aromatic heterocycles. The SMILES string of the molecule is NC(=O)CC(CC1CC1)[SH](=O)=O. The van der Waals surface area contributed by atoms with Crippen LogP contribution in [-0.2, 0) is 15.5 Å². The molecule has 0 aromatic carbocycles.